The number of hydrogen-bond donors (Lipinski definition) is 2. The van der Waals surface area contributed by atoms with Crippen LogP contribution in [0.25, 0.3) is 11.3 Å². The second kappa shape index (κ2) is 9.58. The summed E-state index contributed by atoms with van der Waals surface area (Å²) in [4.78, 5) is 15.1. The number of rotatable bonds is 8. The fraction of sp³-hybridized carbons (Fsp3) is 0.417. The molecule has 6 heteroatoms. The third-order valence-electron chi connectivity index (χ3n) is 5.74. The zero-order valence-corrected chi connectivity index (χ0v) is 18.4. The minimum Gasteiger partial charge on any atom is -0.347 e. The van der Waals surface area contributed by atoms with E-state index >= 15 is 0 Å². The average Bonchev–Trinajstić information content (AvgIpc) is 3.32. The van der Waals surface area contributed by atoms with Crippen molar-refractivity contribution >= 4 is 17.2 Å². The molecule has 30 heavy (non-hydrogen) atoms. The minimum absolute atomic E-state index is 0.0142. The first-order valence-electron chi connectivity index (χ1n) is 10.9. The molecule has 1 aliphatic heterocycles. The van der Waals surface area contributed by atoms with Crippen LogP contribution in [0.1, 0.15) is 51.9 Å². The van der Waals surface area contributed by atoms with Gasteiger partial charge < -0.3 is 11.1 Å². The molecule has 2 aromatic heterocycles. The molecule has 0 radical (unpaired) electrons. The molecule has 3 heterocycles. The number of carbonyl (C=O) groups is 1. The van der Waals surface area contributed by atoms with Gasteiger partial charge in [-0.2, -0.15) is 5.10 Å². The van der Waals surface area contributed by atoms with E-state index in [9.17, 15) is 4.79 Å². The highest BCUT2D eigenvalue weighted by atomic mass is 32.1. The molecule has 0 bridgehead atoms. The van der Waals surface area contributed by atoms with E-state index in [0.29, 0.717) is 6.54 Å². The number of benzene rings is 1. The third-order valence-corrected chi connectivity index (χ3v) is 6.93. The first kappa shape index (κ1) is 20.8. The molecule has 0 aliphatic carbocycles. The van der Waals surface area contributed by atoms with Crippen LogP contribution in [0, 0.1) is 0 Å². The predicted molar refractivity (Wildman–Crippen MR) is 123 cm³/mol. The highest BCUT2D eigenvalue weighted by Gasteiger charge is 2.24. The second-order valence-electron chi connectivity index (χ2n) is 7.97. The lowest BCUT2D eigenvalue weighted by Gasteiger charge is -2.16. The summed E-state index contributed by atoms with van der Waals surface area (Å²) in [5.74, 6) is -0.0142. The third kappa shape index (κ3) is 4.50. The van der Waals surface area contributed by atoms with Gasteiger partial charge in [-0.25, -0.2) is 0 Å². The lowest BCUT2D eigenvalue weighted by molar-refractivity contribution is 0.0940. The van der Waals surface area contributed by atoms with Gasteiger partial charge in [-0.05, 0) is 49.3 Å². The van der Waals surface area contributed by atoms with E-state index in [1.54, 1.807) is 11.3 Å². The number of nitrogens with zero attached hydrogens (tertiary/aromatic N) is 2. The van der Waals surface area contributed by atoms with Gasteiger partial charge in [0, 0.05) is 29.6 Å². The van der Waals surface area contributed by atoms with Gasteiger partial charge >= 0.3 is 0 Å². The van der Waals surface area contributed by atoms with Crippen LogP contribution in [-0.4, -0.2) is 28.3 Å². The number of nitrogens with one attached hydrogen (secondary N) is 1. The van der Waals surface area contributed by atoms with Gasteiger partial charge in [0.05, 0.1) is 16.8 Å². The maximum absolute atomic E-state index is 13.0. The zero-order valence-electron chi connectivity index (χ0n) is 17.6. The number of nitrogens with two attached hydrogens (primary N) is 1. The van der Waals surface area contributed by atoms with E-state index in [1.807, 2.05) is 24.4 Å². The number of hydrogen-bond acceptors (Lipinski definition) is 4. The summed E-state index contributed by atoms with van der Waals surface area (Å²) in [5.41, 5.74) is 10.9. The Balaban J connectivity index is 1.50. The monoisotopic (exact) mass is 422 g/mol. The summed E-state index contributed by atoms with van der Waals surface area (Å²) in [6, 6.07) is 12.4. The lowest BCUT2D eigenvalue weighted by atomic mass is 10.0. The molecular weight excluding hydrogens is 392 g/mol. The van der Waals surface area contributed by atoms with Crippen LogP contribution in [0.4, 0.5) is 0 Å². The molecule has 3 N–H and O–H groups in total. The van der Waals surface area contributed by atoms with Gasteiger partial charge in [0.25, 0.3) is 5.91 Å². The van der Waals surface area contributed by atoms with Crippen LogP contribution in [0.15, 0.2) is 42.6 Å². The molecule has 1 aliphatic rings. The number of amides is 1. The van der Waals surface area contributed by atoms with Gasteiger partial charge in [-0.15, -0.1) is 11.3 Å². The molecule has 5 nitrogen and oxygen atoms in total. The van der Waals surface area contributed by atoms with Crippen molar-refractivity contribution in [2.75, 3.05) is 6.54 Å². The predicted octanol–water partition coefficient (Wildman–Crippen LogP) is 4.20. The van der Waals surface area contributed by atoms with Gasteiger partial charge in [0.1, 0.15) is 0 Å². The highest BCUT2D eigenvalue weighted by molar-refractivity contribution is 7.14. The average molecular weight is 423 g/mol. The van der Waals surface area contributed by atoms with E-state index in [1.165, 1.54) is 27.3 Å². The van der Waals surface area contributed by atoms with E-state index in [-0.39, 0.29) is 11.9 Å². The van der Waals surface area contributed by atoms with Gasteiger partial charge in [0.15, 0.2) is 0 Å². The number of fused-ring (bicyclic) bond motifs is 3. The smallest absolute Gasteiger partial charge is 0.261 e. The van der Waals surface area contributed by atoms with Crippen molar-refractivity contribution < 1.29 is 4.79 Å². The van der Waals surface area contributed by atoms with Gasteiger partial charge in [0.2, 0.25) is 0 Å². The SMILES string of the molecule is CCCc1cnn2c1-c1cc(C(=O)NC(CN)CCc3ccccc3)sc1CCC2. The van der Waals surface area contributed by atoms with Gasteiger partial charge in [-0.3, -0.25) is 9.48 Å². The van der Waals surface area contributed by atoms with Crippen LogP contribution in [0.5, 0.6) is 0 Å². The largest absolute Gasteiger partial charge is 0.347 e. The molecular formula is C24H30N4OS. The Hall–Kier alpha value is -2.44. The maximum Gasteiger partial charge on any atom is 0.261 e. The molecule has 0 saturated carbocycles. The summed E-state index contributed by atoms with van der Waals surface area (Å²) in [6.07, 6.45) is 7.90. The van der Waals surface area contributed by atoms with Crippen molar-refractivity contribution in [1.82, 2.24) is 15.1 Å². The van der Waals surface area contributed by atoms with Crippen molar-refractivity contribution in [2.24, 2.45) is 5.73 Å². The quantitative estimate of drug-likeness (QED) is 0.571. The molecule has 0 saturated heterocycles. The molecule has 1 aromatic carbocycles. The molecule has 0 spiro atoms. The van der Waals surface area contributed by atoms with E-state index in [4.69, 9.17) is 5.73 Å². The Labute approximate surface area is 182 Å². The minimum atomic E-state index is -0.0270. The number of thiophene rings is 1. The molecule has 0 fully saturated rings. The summed E-state index contributed by atoms with van der Waals surface area (Å²) in [5, 5.41) is 7.77. The standard InChI is InChI=1S/C24H30N4OS/c1-2-7-18-16-26-28-13-6-10-21-20(23(18)28)14-22(30-21)24(29)27-19(15-25)12-11-17-8-4-3-5-9-17/h3-5,8-9,14,16,19H,2,6-7,10-13,15,25H2,1H3,(H,27,29). The van der Waals surface area contributed by atoms with Crippen LogP contribution in [0.2, 0.25) is 0 Å². The Bertz CT molecular complexity index is 992. The molecule has 1 amide bonds. The maximum atomic E-state index is 13.0. The summed E-state index contributed by atoms with van der Waals surface area (Å²) in [7, 11) is 0. The van der Waals surface area contributed by atoms with Crippen molar-refractivity contribution in [3.63, 3.8) is 0 Å². The van der Waals surface area contributed by atoms with E-state index in [0.717, 1.165) is 49.9 Å². The Morgan fingerprint density at radius 3 is 2.90 bits per heavy atom. The van der Waals surface area contributed by atoms with E-state index < -0.39 is 0 Å². The Kier molecular flexibility index (Phi) is 6.65. The molecule has 4 rings (SSSR count). The zero-order chi connectivity index (χ0) is 20.9. The summed E-state index contributed by atoms with van der Waals surface area (Å²) < 4.78 is 2.12. The normalized spacial score (nSPS) is 13.9. The van der Waals surface area contributed by atoms with Crippen molar-refractivity contribution in [3.8, 4) is 11.3 Å². The van der Waals surface area contributed by atoms with Crippen molar-refractivity contribution in [3.05, 3.63) is 63.5 Å². The van der Waals surface area contributed by atoms with E-state index in [2.05, 4.69) is 40.2 Å². The first-order chi connectivity index (χ1) is 14.7. The summed E-state index contributed by atoms with van der Waals surface area (Å²) in [6.45, 7) is 3.57. The number of aryl methyl sites for hydroxylation is 4. The second-order valence-corrected chi connectivity index (χ2v) is 9.11. The Morgan fingerprint density at radius 2 is 2.13 bits per heavy atom. The van der Waals surface area contributed by atoms with Crippen LogP contribution in [0.3, 0.4) is 0 Å². The fourth-order valence-corrected chi connectivity index (χ4v) is 5.27. The van der Waals surface area contributed by atoms with Crippen LogP contribution >= 0.6 is 11.3 Å². The van der Waals surface area contributed by atoms with Crippen LogP contribution < -0.4 is 11.1 Å². The summed E-state index contributed by atoms with van der Waals surface area (Å²) >= 11 is 1.62. The molecule has 1 atom stereocenters. The van der Waals surface area contributed by atoms with Crippen LogP contribution in [-0.2, 0) is 25.8 Å². The highest BCUT2D eigenvalue weighted by Crippen LogP contribution is 2.37. The van der Waals surface area contributed by atoms with Crippen molar-refractivity contribution in [2.45, 2.75) is 58.0 Å². The number of carbonyl (C=O) groups excluding carboxylic acids is 1. The van der Waals surface area contributed by atoms with Crippen molar-refractivity contribution in [1.29, 1.82) is 0 Å². The molecule has 1 unspecified atom stereocenters. The number of aromatic nitrogens is 2. The topological polar surface area (TPSA) is 72.9 Å². The fourth-order valence-electron chi connectivity index (χ4n) is 4.17. The molecule has 158 valence electrons. The molecule has 3 aromatic rings. The first-order valence-corrected chi connectivity index (χ1v) is 11.7. The lowest BCUT2D eigenvalue weighted by Crippen LogP contribution is -2.40. The Morgan fingerprint density at radius 1 is 1.30 bits per heavy atom. The van der Waals surface area contributed by atoms with Gasteiger partial charge in [-0.1, -0.05) is 43.7 Å².